The Bertz CT molecular complexity index is 869. The van der Waals surface area contributed by atoms with E-state index in [9.17, 15) is 9.18 Å². The molecule has 0 spiro atoms. The quantitative estimate of drug-likeness (QED) is 0.658. The van der Waals surface area contributed by atoms with Crippen molar-refractivity contribution in [1.82, 2.24) is 4.98 Å². The fourth-order valence-electron chi connectivity index (χ4n) is 1.98. The first-order chi connectivity index (χ1) is 11.6. The van der Waals surface area contributed by atoms with Gasteiger partial charge in [0, 0.05) is 10.6 Å². The Morgan fingerprint density at radius 2 is 2.08 bits per heavy atom. The summed E-state index contributed by atoms with van der Waals surface area (Å²) < 4.78 is 19.1. The highest BCUT2D eigenvalue weighted by molar-refractivity contribution is 7.99. The molecule has 2 aromatic carbocycles. The second-order valence-corrected chi connectivity index (χ2v) is 6.18. The minimum absolute atomic E-state index is 0.0594. The Morgan fingerprint density at radius 1 is 1.25 bits per heavy atom. The topological polar surface area (TPSA) is 55.1 Å². The Balaban J connectivity index is 1.59. The molecule has 0 bridgehead atoms. The van der Waals surface area contributed by atoms with Crippen LogP contribution in [0.4, 0.5) is 10.1 Å². The number of anilines is 1. The molecule has 0 saturated heterocycles. The highest BCUT2D eigenvalue weighted by Gasteiger charge is 2.11. The van der Waals surface area contributed by atoms with Gasteiger partial charge in [-0.2, -0.15) is 0 Å². The number of aromatic nitrogens is 1. The molecule has 0 unspecified atom stereocenters. The zero-order valence-electron chi connectivity index (χ0n) is 12.3. The predicted molar refractivity (Wildman–Crippen MR) is 92.7 cm³/mol. The number of rotatable bonds is 5. The van der Waals surface area contributed by atoms with Crippen molar-refractivity contribution in [3.05, 3.63) is 65.6 Å². The van der Waals surface area contributed by atoms with Crippen LogP contribution in [0.3, 0.4) is 0 Å². The molecule has 1 aromatic heterocycles. The van der Waals surface area contributed by atoms with Gasteiger partial charge < -0.3 is 9.73 Å². The number of thioether (sulfide) groups is 1. The summed E-state index contributed by atoms with van der Waals surface area (Å²) in [5.41, 5.74) is 0.952. The molecule has 0 radical (unpaired) electrons. The summed E-state index contributed by atoms with van der Waals surface area (Å²) in [6, 6.07) is 13.2. The molecule has 24 heavy (non-hydrogen) atoms. The number of hydrogen-bond acceptors (Lipinski definition) is 4. The first-order valence-electron chi connectivity index (χ1n) is 7.01. The van der Waals surface area contributed by atoms with Crippen molar-refractivity contribution in [2.24, 2.45) is 0 Å². The highest BCUT2D eigenvalue weighted by atomic mass is 35.5. The molecule has 0 aliphatic carbocycles. The Labute approximate surface area is 147 Å². The van der Waals surface area contributed by atoms with Crippen LogP contribution >= 0.6 is 23.4 Å². The second kappa shape index (κ2) is 7.51. The third-order valence-corrected chi connectivity index (χ3v) is 4.15. The molecule has 3 rings (SSSR count). The van der Waals surface area contributed by atoms with Crippen molar-refractivity contribution in [3.63, 3.8) is 0 Å². The van der Waals surface area contributed by atoms with Crippen molar-refractivity contribution < 1.29 is 13.6 Å². The number of carbonyl (C=O) groups is 1. The molecule has 0 saturated carbocycles. The predicted octanol–water partition coefficient (Wildman–Crippen LogP) is 4.86. The summed E-state index contributed by atoms with van der Waals surface area (Å²) in [5, 5.41) is 3.46. The van der Waals surface area contributed by atoms with Gasteiger partial charge >= 0.3 is 0 Å². The van der Waals surface area contributed by atoms with Gasteiger partial charge in [-0.25, -0.2) is 9.37 Å². The van der Waals surface area contributed by atoms with E-state index >= 15 is 0 Å². The smallest absolute Gasteiger partial charge is 0.256 e. The number of nitrogens with one attached hydrogen (secondary N) is 1. The van der Waals surface area contributed by atoms with Crippen LogP contribution in [0.25, 0.3) is 11.3 Å². The lowest BCUT2D eigenvalue weighted by Crippen LogP contribution is -2.14. The van der Waals surface area contributed by atoms with Crippen molar-refractivity contribution in [3.8, 4) is 11.3 Å². The molecule has 1 amide bonds. The van der Waals surface area contributed by atoms with Crippen LogP contribution in [-0.2, 0) is 4.79 Å². The second-order valence-electron chi connectivity index (χ2n) is 4.82. The summed E-state index contributed by atoms with van der Waals surface area (Å²) >= 11 is 7.07. The lowest BCUT2D eigenvalue weighted by atomic mass is 10.2. The molecule has 0 aliphatic rings. The van der Waals surface area contributed by atoms with E-state index in [1.165, 1.54) is 12.1 Å². The van der Waals surface area contributed by atoms with Gasteiger partial charge in [-0.3, -0.25) is 4.79 Å². The lowest BCUT2D eigenvalue weighted by Gasteiger charge is -2.04. The van der Waals surface area contributed by atoms with Crippen LogP contribution in [0.5, 0.6) is 0 Å². The van der Waals surface area contributed by atoms with E-state index in [2.05, 4.69) is 10.3 Å². The summed E-state index contributed by atoms with van der Waals surface area (Å²) in [6.45, 7) is 0. The first kappa shape index (κ1) is 16.5. The number of benzene rings is 2. The number of amides is 1. The van der Waals surface area contributed by atoms with E-state index in [1.807, 2.05) is 12.1 Å². The third kappa shape index (κ3) is 4.15. The molecule has 1 heterocycles. The SMILES string of the molecule is O=C(CSc1ncc(-c2cccc(Cl)c2)o1)Nc1ccccc1F. The van der Waals surface area contributed by atoms with E-state index in [-0.39, 0.29) is 17.3 Å². The largest absolute Gasteiger partial charge is 0.431 e. The first-order valence-corrected chi connectivity index (χ1v) is 8.37. The zero-order chi connectivity index (χ0) is 16.9. The van der Waals surface area contributed by atoms with Crippen LogP contribution in [0.1, 0.15) is 0 Å². The Kier molecular flexibility index (Phi) is 5.17. The molecular weight excluding hydrogens is 351 g/mol. The van der Waals surface area contributed by atoms with E-state index in [0.717, 1.165) is 17.3 Å². The van der Waals surface area contributed by atoms with Gasteiger partial charge in [0.25, 0.3) is 5.22 Å². The molecule has 122 valence electrons. The summed E-state index contributed by atoms with van der Waals surface area (Å²) in [4.78, 5) is 16.0. The molecule has 7 heteroatoms. The number of para-hydroxylation sites is 1. The monoisotopic (exact) mass is 362 g/mol. The van der Waals surface area contributed by atoms with Gasteiger partial charge in [0.05, 0.1) is 17.6 Å². The Hall–Kier alpha value is -2.31. The van der Waals surface area contributed by atoms with Crippen LogP contribution in [0, 0.1) is 5.82 Å². The summed E-state index contributed by atoms with van der Waals surface area (Å²) in [5.74, 6) is -0.193. The third-order valence-electron chi connectivity index (χ3n) is 3.07. The average molecular weight is 363 g/mol. The van der Waals surface area contributed by atoms with Gasteiger partial charge in [0.15, 0.2) is 5.76 Å². The van der Waals surface area contributed by atoms with Crippen LogP contribution in [0.2, 0.25) is 5.02 Å². The number of nitrogens with zero attached hydrogens (tertiary/aromatic N) is 1. The Morgan fingerprint density at radius 3 is 2.88 bits per heavy atom. The minimum atomic E-state index is -0.477. The number of carbonyl (C=O) groups excluding carboxylic acids is 1. The molecule has 0 fully saturated rings. The standard InChI is InChI=1S/C17H12ClFN2O2S/c18-12-5-3-4-11(8-12)15-9-20-17(23-15)24-10-16(22)21-14-7-2-1-6-13(14)19/h1-9H,10H2,(H,21,22). The molecular formula is C17H12ClFN2O2S. The van der Waals surface area contributed by atoms with E-state index in [0.29, 0.717) is 16.0 Å². The van der Waals surface area contributed by atoms with Crippen LogP contribution < -0.4 is 5.32 Å². The fourth-order valence-corrected chi connectivity index (χ4v) is 2.77. The van der Waals surface area contributed by atoms with Crippen molar-refractivity contribution in [2.45, 2.75) is 5.22 Å². The van der Waals surface area contributed by atoms with E-state index in [1.54, 1.807) is 30.5 Å². The lowest BCUT2D eigenvalue weighted by molar-refractivity contribution is -0.113. The summed E-state index contributed by atoms with van der Waals surface area (Å²) in [6.07, 6.45) is 1.57. The van der Waals surface area contributed by atoms with E-state index < -0.39 is 5.82 Å². The number of halogens is 2. The van der Waals surface area contributed by atoms with Crippen LogP contribution in [0.15, 0.2) is 64.4 Å². The zero-order valence-corrected chi connectivity index (χ0v) is 13.9. The number of oxazole rings is 1. The van der Waals surface area contributed by atoms with Crippen molar-refractivity contribution in [2.75, 3.05) is 11.1 Å². The molecule has 3 aromatic rings. The average Bonchev–Trinajstić information content (AvgIpc) is 3.04. The normalized spacial score (nSPS) is 10.6. The summed E-state index contributed by atoms with van der Waals surface area (Å²) in [7, 11) is 0. The van der Waals surface area contributed by atoms with Gasteiger partial charge in [0.1, 0.15) is 5.82 Å². The van der Waals surface area contributed by atoms with Gasteiger partial charge in [-0.15, -0.1) is 0 Å². The fraction of sp³-hybridized carbons (Fsp3) is 0.0588. The van der Waals surface area contributed by atoms with Crippen molar-refractivity contribution >= 4 is 35.0 Å². The van der Waals surface area contributed by atoms with E-state index in [4.69, 9.17) is 16.0 Å². The maximum Gasteiger partial charge on any atom is 0.256 e. The maximum atomic E-state index is 13.5. The minimum Gasteiger partial charge on any atom is -0.431 e. The van der Waals surface area contributed by atoms with Gasteiger partial charge in [-0.05, 0) is 24.3 Å². The van der Waals surface area contributed by atoms with Gasteiger partial charge in [-0.1, -0.05) is 47.6 Å². The molecule has 1 N–H and O–H groups in total. The van der Waals surface area contributed by atoms with Crippen LogP contribution in [-0.4, -0.2) is 16.6 Å². The molecule has 0 atom stereocenters. The maximum absolute atomic E-state index is 13.5. The number of hydrogen-bond donors (Lipinski definition) is 1. The molecule has 4 nitrogen and oxygen atoms in total. The molecule has 0 aliphatic heterocycles. The van der Waals surface area contributed by atoms with Crippen molar-refractivity contribution in [1.29, 1.82) is 0 Å². The highest BCUT2D eigenvalue weighted by Crippen LogP contribution is 2.27. The van der Waals surface area contributed by atoms with Gasteiger partial charge in [0.2, 0.25) is 5.91 Å².